The van der Waals surface area contributed by atoms with Crippen molar-refractivity contribution >= 4 is 29.1 Å². The number of rotatable bonds is 7. The molecule has 0 heterocycles. The van der Waals surface area contributed by atoms with E-state index in [0.717, 1.165) is 41.5 Å². The molecule has 1 nitrogen and oxygen atoms in total. The molecule has 0 saturated heterocycles. The van der Waals surface area contributed by atoms with E-state index in [1.165, 1.54) is 47.6 Å². The van der Waals surface area contributed by atoms with Crippen molar-refractivity contribution in [2.45, 2.75) is 52.4 Å². The molecule has 0 N–H and O–H groups in total. The van der Waals surface area contributed by atoms with E-state index in [0.29, 0.717) is 0 Å². The normalized spacial score (nSPS) is 11.8. The van der Waals surface area contributed by atoms with Gasteiger partial charge in [0.05, 0.1) is 5.16 Å². The van der Waals surface area contributed by atoms with Gasteiger partial charge in [0.1, 0.15) is 11.5 Å². The van der Waals surface area contributed by atoms with E-state index >= 15 is 0 Å². The molecule has 3 aromatic carbocycles. The third kappa shape index (κ3) is 5.60. The minimum absolute atomic E-state index is 0.208. The van der Waals surface area contributed by atoms with Gasteiger partial charge in [-0.05, 0) is 89.1 Å². The number of fused-ring (bicyclic) bond motifs is 1. The number of unbranched alkanes of at least 4 members (excludes halogenated alkanes) is 2. The van der Waals surface area contributed by atoms with E-state index < -0.39 is 5.82 Å². The molecule has 34 heavy (non-hydrogen) atoms. The summed E-state index contributed by atoms with van der Waals surface area (Å²) in [6, 6.07) is 18.0. The van der Waals surface area contributed by atoms with Crippen LogP contribution >= 0.6 is 12.2 Å². The molecule has 4 rings (SSSR count). The number of halogens is 1. The minimum Gasteiger partial charge on any atom is -0.205 e. The summed E-state index contributed by atoms with van der Waals surface area (Å²) in [6.07, 6.45) is 8.85. The van der Waals surface area contributed by atoms with Gasteiger partial charge in [-0.15, -0.1) is 0 Å². The van der Waals surface area contributed by atoms with Gasteiger partial charge in [0.25, 0.3) is 0 Å². The van der Waals surface area contributed by atoms with Crippen LogP contribution in [0, 0.1) is 17.7 Å². The maximum absolute atomic E-state index is 14.3. The number of isothiocyanates is 1. The molecule has 0 fully saturated rings. The molecule has 170 valence electrons. The summed E-state index contributed by atoms with van der Waals surface area (Å²) in [5.41, 5.74) is 9.35. The number of hydrogen-bond donors (Lipinski definition) is 0. The van der Waals surface area contributed by atoms with Crippen LogP contribution in [0.25, 0.3) is 17.2 Å². The Balaban J connectivity index is 1.50. The van der Waals surface area contributed by atoms with Gasteiger partial charge in [0, 0.05) is 17.6 Å². The van der Waals surface area contributed by atoms with Gasteiger partial charge in [-0.25, -0.2) is 4.39 Å². The standard InChI is InChI=1S/C31H28FNS/c1-3-5-6-7-22-8-10-25(24(4-2)16-22)11-9-23-17-26-12-13-27(19-29(26)18-23)28-14-15-31(33-21-34)30(32)20-28/h8,10,12-17,19-20H,3-7,18H2,1-2H3. The SMILES string of the molecule is CCCCCc1ccc(C#CC2=Cc3ccc(-c4ccc(N=C=S)c(F)c4)cc3C2)c(CC)c1. The predicted molar refractivity (Wildman–Crippen MR) is 144 cm³/mol. The highest BCUT2D eigenvalue weighted by Crippen LogP contribution is 2.31. The van der Waals surface area contributed by atoms with Crippen LogP contribution in [0.1, 0.15) is 60.9 Å². The predicted octanol–water partition coefficient (Wildman–Crippen LogP) is 8.51. The molecule has 1 aliphatic rings. The second kappa shape index (κ2) is 11.2. The summed E-state index contributed by atoms with van der Waals surface area (Å²) in [6.45, 7) is 4.43. The van der Waals surface area contributed by atoms with Crippen LogP contribution in [0.2, 0.25) is 0 Å². The van der Waals surface area contributed by atoms with Crippen molar-refractivity contribution in [1.82, 2.24) is 0 Å². The zero-order chi connectivity index (χ0) is 23.9. The summed E-state index contributed by atoms with van der Waals surface area (Å²) in [5, 5.41) is 2.22. The number of benzene rings is 3. The average molecular weight is 466 g/mol. The molecule has 0 aliphatic heterocycles. The second-order valence-corrected chi connectivity index (χ2v) is 8.86. The fraction of sp³-hybridized carbons (Fsp3) is 0.258. The first-order chi connectivity index (χ1) is 16.6. The molecular weight excluding hydrogens is 437 g/mol. The summed E-state index contributed by atoms with van der Waals surface area (Å²) < 4.78 is 14.3. The van der Waals surface area contributed by atoms with E-state index in [-0.39, 0.29) is 5.69 Å². The quantitative estimate of drug-likeness (QED) is 0.147. The summed E-state index contributed by atoms with van der Waals surface area (Å²) in [7, 11) is 0. The smallest absolute Gasteiger partial charge is 0.150 e. The van der Waals surface area contributed by atoms with Gasteiger partial charge in [0.15, 0.2) is 0 Å². The Morgan fingerprint density at radius 1 is 0.941 bits per heavy atom. The van der Waals surface area contributed by atoms with E-state index in [9.17, 15) is 4.39 Å². The van der Waals surface area contributed by atoms with Crippen LogP contribution in [0.3, 0.4) is 0 Å². The molecule has 0 spiro atoms. The fourth-order valence-corrected chi connectivity index (χ4v) is 4.47. The number of aliphatic imine (C=N–C) groups is 1. The Bertz CT molecular complexity index is 1350. The summed E-state index contributed by atoms with van der Waals surface area (Å²) >= 11 is 4.58. The van der Waals surface area contributed by atoms with Crippen molar-refractivity contribution in [3.8, 4) is 23.0 Å². The maximum Gasteiger partial charge on any atom is 0.150 e. The first-order valence-corrected chi connectivity index (χ1v) is 12.4. The minimum atomic E-state index is -0.400. The van der Waals surface area contributed by atoms with Gasteiger partial charge in [-0.2, -0.15) is 4.99 Å². The zero-order valence-corrected chi connectivity index (χ0v) is 20.6. The Morgan fingerprint density at radius 3 is 2.53 bits per heavy atom. The molecule has 0 amide bonds. The Kier molecular flexibility index (Phi) is 7.86. The topological polar surface area (TPSA) is 12.4 Å². The third-order valence-electron chi connectivity index (χ3n) is 6.28. The van der Waals surface area contributed by atoms with Crippen LogP contribution in [0.4, 0.5) is 10.1 Å². The largest absolute Gasteiger partial charge is 0.205 e. The van der Waals surface area contributed by atoms with Crippen molar-refractivity contribution in [3.05, 3.63) is 93.8 Å². The molecule has 3 heteroatoms. The van der Waals surface area contributed by atoms with Crippen molar-refractivity contribution in [2.24, 2.45) is 4.99 Å². The number of hydrogen-bond acceptors (Lipinski definition) is 2. The highest BCUT2D eigenvalue weighted by Gasteiger charge is 2.13. The molecule has 1 aliphatic carbocycles. The Morgan fingerprint density at radius 2 is 1.76 bits per heavy atom. The van der Waals surface area contributed by atoms with E-state index in [2.05, 4.69) is 84.5 Å². The van der Waals surface area contributed by atoms with Crippen LogP contribution in [-0.4, -0.2) is 5.16 Å². The van der Waals surface area contributed by atoms with Gasteiger partial charge in [-0.3, -0.25) is 0 Å². The van der Waals surface area contributed by atoms with Crippen molar-refractivity contribution < 1.29 is 4.39 Å². The second-order valence-electron chi connectivity index (χ2n) is 8.68. The summed E-state index contributed by atoms with van der Waals surface area (Å²) in [5.74, 6) is 6.42. The Hall–Kier alpha value is -3.31. The van der Waals surface area contributed by atoms with Gasteiger partial charge in [0.2, 0.25) is 0 Å². The van der Waals surface area contributed by atoms with Crippen molar-refractivity contribution in [2.75, 3.05) is 0 Å². The number of allylic oxidation sites excluding steroid dienone is 1. The summed E-state index contributed by atoms with van der Waals surface area (Å²) in [4.78, 5) is 3.75. The molecule has 0 saturated carbocycles. The lowest BCUT2D eigenvalue weighted by Crippen LogP contribution is -1.93. The molecule has 0 unspecified atom stereocenters. The van der Waals surface area contributed by atoms with E-state index in [1.54, 1.807) is 6.07 Å². The molecular formula is C31H28FNS. The van der Waals surface area contributed by atoms with Crippen LogP contribution in [-0.2, 0) is 19.3 Å². The van der Waals surface area contributed by atoms with E-state index in [4.69, 9.17) is 0 Å². The number of nitrogens with zero attached hydrogens (tertiary/aromatic N) is 1. The highest BCUT2D eigenvalue weighted by molar-refractivity contribution is 7.78. The lowest BCUT2D eigenvalue weighted by Gasteiger charge is -2.06. The molecule has 0 bridgehead atoms. The Labute approximate surface area is 207 Å². The highest BCUT2D eigenvalue weighted by atomic mass is 32.1. The fourth-order valence-electron chi connectivity index (χ4n) is 4.37. The van der Waals surface area contributed by atoms with Crippen LogP contribution < -0.4 is 0 Å². The van der Waals surface area contributed by atoms with Gasteiger partial charge >= 0.3 is 0 Å². The number of thiocarbonyl (C=S) groups is 1. The third-order valence-corrected chi connectivity index (χ3v) is 6.37. The van der Waals surface area contributed by atoms with Crippen LogP contribution in [0.5, 0.6) is 0 Å². The number of aryl methyl sites for hydroxylation is 2. The zero-order valence-electron chi connectivity index (χ0n) is 19.7. The molecule has 3 aromatic rings. The molecule has 0 atom stereocenters. The van der Waals surface area contributed by atoms with Crippen LogP contribution in [0.15, 0.2) is 65.2 Å². The first-order valence-electron chi connectivity index (χ1n) is 12.0. The van der Waals surface area contributed by atoms with Gasteiger partial charge < -0.3 is 0 Å². The molecule has 0 aromatic heterocycles. The van der Waals surface area contributed by atoms with E-state index in [1.807, 2.05) is 12.1 Å². The average Bonchev–Trinajstić information content (AvgIpc) is 3.26. The van der Waals surface area contributed by atoms with Crippen molar-refractivity contribution in [3.63, 3.8) is 0 Å². The molecule has 0 radical (unpaired) electrons. The lowest BCUT2D eigenvalue weighted by molar-refractivity contribution is 0.630. The monoisotopic (exact) mass is 465 g/mol. The lowest BCUT2D eigenvalue weighted by atomic mass is 9.98. The first kappa shape index (κ1) is 23.8. The maximum atomic E-state index is 14.3. The van der Waals surface area contributed by atoms with Gasteiger partial charge in [-0.1, -0.05) is 74.9 Å². The van der Waals surface area contributed by atoms with Crippen molar-refractivity contribution in [1.29, 1.82) is 0 Å².